The summed E-state index contributed by atoms with van der Waals surface area (Å²) in [4.78, 5) is 31.3. The second-order valence-electron chi connectivity index (χ2n) is 2.89. The molecule has 108 valence electrons. The Morgan fingerprint density at radius 2 is 1.63 bits per heavy atom. The number of hydrogen-bond donors (Lipinski definition) is 2. The van der Waals surface area contributed by atoms with Gasteiger partial charge in [0, 0.05) is 0 Å². The van der Waals surface area contributed by atoms with E-state index in [9.17, 15) is 0 Å². The Labute approximate surface area is 109 Å². The molecule has 0 spiro atoms. The van der Waals surface area contributed by atoms with E-state index in [1.165, 1.54) is 28.4 Å². The maximum atomic E-state index is 9.12. The van der Waals surface area contributed by atoms with Crippen molar-refractivity contribution in [2.75, 3.05) is 50.9 Å². The highest BCUT2D eigenvalue weighted by Crippen LogP contribution is 2.16. The van der Waals surface area contributed by atoms with Crippen molar-refractivity contribution in [1.29, 1.82) is 0 Å². The predicted octanol–water partition coefficient (Wildman–Crippen LogP) is -0.908. The lowest BCUT2D eigenvalue weighted by Gasteiger charge is -2.20. The molecular formula is C8H16N6O5. The van der Waals surface area contributed by atoms with Gasteiger partial charge in [0.15, 0.2) is 0 Å². The fraction of sp³-hybridized carbons (Fsp3) is 0.625. The second-order valence-corrected chi connectivity index (χ2v) is 2.89. The van der Waals surface area contributed by atoms with Gasteiger partial charge in [0.05, 0.1) is 28.4 Å². The molecule has 0 saturated heterocycles. The van der Waals surface area contributed by atoms with Crippen LogP contribution in [0.1, 0.15) is 0 Å². The van der Waals surface area contributed by atoms with E-state index < -0.39 is 6.73 Å². The van der Waals surface area contributed by atoms with E-state index in [1.807, 2.05) is 0 Å². The molecule has 1 heterocycles. The molecule has 11 heteroatoms. The SMILES string of the molecule is CONc1nc(N(CO)OC)nc(N(OC)OC)n1. The van der Waals surface area contributed by atoms with Crippen molar-refractivity contribution >= 4 is 17.8 Å². The Morgan fingerprint density at radius 3 is 2.11 bits per heavy atom. The van der Waals surface area contributed by atoms with Crippen LogP contribution in [0.3, 0.4) is 0 Å². The number of aliphatic hydroxyl groups excluding tert-OH is 1. The molecule has 0 amide bonds. The first kappa shape index (κ1) is 15.3. The van der Waals surface area contributed by atoms with Gasteiger partial charge in [-0.3, -0.25) is 9.68 Å². The van der Waals surface area contributed by atoms with E-state index in [0.29, 0.717) is 0 Å². The molecule has 0 radical (unpaired) electrons. The van der Waals surface area contributed by atoms with Crippen LogP contribution in [0.25, 0.3) is 0 Å². The molecule has 0 aliphatic heterocycles. The summed E-state index contributed by atoms with van der Waals surface area (Å²) in [6.45, 7) is -0.452. The quantitative estimate of drug-likeness (QED) is 0.454. The third-order valence-electron chi connectivity index (χ3n) is 1.87. The van der Waals surface area contributed by atoms with Crippen LogP contribution in [-0.4, -0.2) is 55.2 Å². The number of aromatic nitrogens is 3. The van der Waals surface area contributed by atoms with Gasteiger partial charge < -0.3 is 5.11 Å². The predicted molar refractivity (Wildman–Crippen MR) is 63.5 cm³/mol. The van der Waals surface area contributed by atoms with Gasteiger partial charge in [-0.2, -0.15) is 20.0 Å². The lowest BCUT2D eigenvalue weighted by atomic mass is 10.8. The average molecular weight is 276 g/mol. The van der Waals surface area contributed by atoms with Crippen molar-refractivity contribution in [2.45, 2.75) is 0 Å². The van der Waals surface area contributed by atoms with Crippen LogP contribution in [-0.2, 0) is 19.4 Å². The van der Waals surface area contributed by atoms with Crippen LogP contribution in [0.4, 0.5) is 17.8 Å². The van der Waals surface area contributed by atoms with Crippen molar-refractivity contribution in [1.82, 2.24) is 15.0 Å². The number of rotatable bonds is 8. The smallest absolute Gasteiger partial charge is 0.284 e. The zero-order chi connectivity index (χ0) is 14.3. The van der Waals surface area contributed by atoms with Gasteiger partial charge in [-0.25, -0.2) is 15.2 Å². The highest BCUT2D eigenvalue weighted by Gasteiger charge is 2.17. The summed E-state index contributed by atoms with van der Waals surface area (Å²) in [5.74, 6) is 0.149. The van der Waals surface area contributed by atoms with Crippen LogP contribution in [0.15, 0.2) is 0 Å². The molecule has 1 rings (SSSR count). The summed E-state index contributed by atoms with van der Waals surface area (Å²) in [5.41, 5.74) is 2.43. The molecule has 19 heavy (non-hydrogen) atoms. The minimum atomic E-state index is -0.452. The van der Waals surface area contributed by atoms with Crippen LogP contribution in [0, 0.1) is 0 Å². The lowest BCUT2D eigenvalue weighted by molar-refractivity contribution is -0.0472. The molecule has 1 aromatic rings. The standard InChI is InChI=1S/C8H16N6O5/c1-16-12-6-9-7(13(5-15)17-2)11-8(10-6)14(18-3)19-4/h15H,5H2,1-4H3,(H,9,10,11,12). The van der Waals surface area contributed by atoms with E-state index in [-0.39, 0.29) is 17.8 Å². The van der Waals surface area contributed by atoms with Crippen molar-refractivity contribution in [3.8, 4) is 0 Å². The Kier molecular flexibility index (Phi) is 6.11. The first-order chi connectivity index (χ1) is 9.19. The maximum Gasteiger partial charge on any atom is 0.284 e. The van der Waals surface area contributed by atoms with Crippen LogP contribution < -0.4 is 15.8 Å². The zero-order valence-electron chi connectivity index (χ0n) is 11.0. The molecular weight excluding hydrogens is 260 g/mol. The summed E-state index contributed by atoms with van der Waals surface area (Å²) in [6.07, 6.45) is 0. The highest BCUT2D eigenvalue weighted by atomic mass is 16.9. The van der Waals surface area contributed by atoms with Crippen LogP contribution in [0.5, 0.6) is 0 Å². The molecule has 11 nitrogen and oxygen atoms in total. The third kappa shape index (κ3) is 3.84. The number of anilines is 3. The Balaban J connectivity index is 3.16. The van der Waals surface area contributed by atoms with Crippen molar-refractivity contribution < 1.29 is 24.5 Å². The van der Waals surface area contributed by atoms with Gasteiger partial charge in [-0.15, -0.1) is 0 Å². The van der Waals surface area contributed by atoms with Gasteiger partial charge in [-0.1, -0.05) is 5.23 Å². The van der Waals surface area contributed by atoms with Gasteiger partial charge >= 0.3 is 0 Å². The molecule has 2 N–H and O–H groups in total. The number of hydroxylamine groups is 1. The normalized spacial score (nSPS) is 10.4. The van der Waals surface area contributed by atoms with Crippen molar-refractivity contribution in [2.24, 2.45) is 0 Å². The monoisotopic (exact) mass is 276 g/mol. The Morgan fingerprint density at radius 1 is 1.00 bits per heavy atom. The van der Waals surface area contributed by atoms with Crippen molar-refractivity contribution in [3.63, 3.8) is 0 Å². The zero-order valence-corrected chi connectivity index (χ0v) is 11.0. The van der Waals surface area contributed by atoms with Gasteiger partial charge in [-0.05, 0) is 0 Å². The Bertz CT molecular complexity index is 356. The first-order valence-corrected chi connectivity index (χ1v) is 5.06. The molecule has 0 saturated carbocycles. The Hall–Kier alpha value is -1.79. The number of hydrogen-bond acceptors (Lipinski definition) is 11. The third-order valence-corrected chi connectivity index (χ3v) is 1.87. The fourth-order valence-corrected chi connectivity index (χ4v) is 1.12. The van der Waals surface area contributed by atoms with E-state index in [2.05, 4.69) is 20.4 Å². The second kappa shape index (κ2) is 7.60. The minimum Gasteiger partial charge on any atom is -0.374 e. The van der Waals surface area contributed by atoms with Crippen molar-refractivity contribution in [3.05, 3.63) is 0 Å². The fourth-order valence-electron chi connectivity index (χ4n) is 1.12. The molecule has 0 fully saturated rings. The minimum absolute atomic E-state index is 0.0325. The first-order valence-electron chi connectivity index (χ1n) is 5.06. The van der Waals surface area contributed by atoms with Gasteiger partial charge in [0.1, 0.15) is 6.73 Å². The molecule has 0 aliphatic carbocycles. The van der Waals surface area contributed by atoms with E-state index in [1.54, 1.807) is 0 Å². The molecule has 0 aliphatic rings. The molecule has 0 unspecified atom stereocenters. The molecule has 0 aromatic carbocycles. The highest BCUT2D eigenvalue weighted by molar-refractivity contribution is 5.40. The number of nitrogens with one attached hydrogen (secondary N) is 1. The van der Waals surface area contributed by atoms with E-state index in [0.717, 1.165) is 10.3 Å². The maximum absolute atomic E-state index is 9.12. The largest absolute Gasteiger partial charge is 0.374 e. The molecule has 1 aromatic heterocycles. The summed E-state index contributed by atoms with van der Waals surface area (Å²) in [6, 6.07) is 0. The summed E-state index contributed by atoms with van der Waals surface area (Å²) >= 11 is 0. The molecule has 0 bridgehead atoms. The molecule has 0 atom stereocenters. The number of nitrogens with zero attached hydrogens (tertiary/aromatic N) is 5. The van der Waals surface area contributed by atoms with E-state index in [4.69, 9.17) is 24.5 Å². The summed E-state index contributed by atoms with van der Waals surface area (Å²) in [7, 11) is 5.49. The topological polar surface area (TPSA) is 114 Å². The number of aliphatic hydroxyl groups is 1. The van der Waals surface area contributed by atoms with Crippen LogP contribution >= 0.6 is 0 Å². The summed E-state index contributed by atoms with van der Waals surface area (Å²) in [5, 5.41) is 11.1. The van der Waals surface area contributed by atoms with Gasteiger partial charge in [0.2, 0.25) is 0 Å². The average Bonchev–Trinajstić information content (AvgIpc) is 2.42. The van der Waals surface area contributed by atoms with Crippen LogP contribution in [0.2, 0.25) is 0 Å². The van der Waals surface area contributed by atoms with E-state index >= 15 is 0 Å². The lowest BCUT2D eigenvalue weighted by Crippen LogP contribution is -2.28. The summed E-state index contributed by atoms with van der Waals surface area (Å²) < 4.78 is 0. The van der Waals surface area contributed by atoms with Gasteiger partial charge in [0.25, 0.3) is 17.8 Å².